The van der Waals surface area contributed by atoms with Crippen LogP contribution in [0.2, 0.25) is 0 Å². The van der Waals surface area contributed by atoms with Crippen LogP contribution in [-0.2, 0) is 6.18 Å². The van der Waals surface area contributed by atoms with E-state index in [1.165, 1.54) is 6.21 Å². The van der Waals surface area contributed by atoms with Crippen LogP contribution in [0.1, 0.15) is 11.1 Å². The van der Waals surface area contributed by atoms with Gasteiger partial charge in [0.15, 0.2) is 0 Å². The van der Waals surface area contributed by atoms with Crippen LogP contribution in [0.25, 0.3) is 0 Å². The summed E-state index contributed by atoms with van der Waals surface area (Å²) >= 11 is 6.64. The molecule has 0 fully saturated rings. The van der Waals surface area contributed by atoms with Crippen LogP contribution in [0, 0.1) is 22.5 Å². The fourth-order valence-electron chi connectivity index (χ4n) is 2.04. The summed E-state index contributed by atoms with van der Waals surface area (Å²) < 4.78 is 44.7. The van der Waals surface area contributed by atoms with Crippen molar-refractivity contribution in [2.45, 2.75) is 6.18 Å². The molecule has 0 bridgehead atoms. The maximum absolute atomic E-state index is 12.7. The average Bonchev–Trinajstić information content (AvgIpc) is 2.60. The van der Waals surface area contributed by atoms with Crippen LogP contribution in [-0.4, -0.2) is 17.7 Å². The van der Waals surface area contributed by atoms with Crippen molar-refractivity contribution in [3.63, 3.8) is 0 Å². The molecule has 0 saturated heterocycles. The number of benzene rings is 2. The Morgan fingerprint density at radius 3 is 2.46 bits per heavy atom. The van der Waals surface area contributed by atoms with Crippen molar-refractivity contribution in [2.75, 3.05) is 12.0 Å². The number of alkyl halides is 3. The second-order valence-electron chi connectivity index (χ2n) is 5.16. The normalized spacial score (nSPS) is 11.3. The Balaban J connectivity index is 2.23. The smallest absolute Gasteiger partial charge is 0.416 e. The lowest BCUT2D eigenvalue weighted by molar-refractivity contribution is -0.384. The number of halogens is 5. The first kappa shape index (κ1) is 21.7. The van der Waals surface area contributed by atoms with E-state index in [9.17, 15) is 23.3 Å². The molecular weight excluding hydrogens is 511 g/mol. The average molecular weight is 521 g/mol. The number of nitro groups is 1. The van der Waals surface area contributed by atoms with Gasteiger partial charge in [0.2, 0.25) is 0 Å². The molecule has 0 heterocycles. The number of rotatable bonds is 6. The molecule has 0 aromatic heterocycles. The monoisotopic (exact) mass is 519 g/mol. The summed E-state index contributed by atoms with van der Waals surface area (Å²) in [5.74, 6) is 2.83. The lowest BCUT2D eigenvalue weighted by atomic mass is 10.1. The first-order valence-electron chi connectivity index (χ1n) is 7.33. The first-order chi connectivity index (χ1) is 13.1. The Labute approximate surface area is 174 Å². The van der Waals surface area contributed by atoms with Gasteiger partial charge >= 0.3 is 6.18 Å². The number of nitro benzene ring substituents is 1. The minimum Gasteiger partial charge on any atom is -0.479 e. The number of ether oxygens (including phenoxy) is 1. The molecule has 2 aromatic rings. The van der Waals surface area contributed by atoms with Gasteiger partial charge in [0, 0.05) is 6.07 Å². The Kier molecular flexibility index (Phi) is 7.04. The van der Waals surface area contributed by atoms with Crippen LogP contribution >= 0.6 is 31.9 Å². The van der Waals surface area contributed by atoms with E-state index >= 15 is 0 Å². The van der Waals surface area contributed by atoms with E-state index in [0.29, 0.717) is 26.3 Å². The van der Waals surface area contributed by atoms with E-state index in [1.807, 2.05) is 0 Å². The van der Waals surface area contributed by atoms with Gasteiger partial charge in [-0.05, 0) is 61.7 Å². The largest absolute Gasteiger partial charge is 0.479 e. The summed E-state index contributed by atoms with van der Waals surface area (Å²) in [5, 5.41) is 14.9. The molecule has 0 amide bonds. The number of anilines is 1. The fourth-order valence-corrected chi connectivity index (χ4v) is 3.49. The third-order valence-corrected chi connectivity index (χ3v) is 4.42. The summed E-state index contributed by atoms with van der Waals surface area (Å²) in [6, 6.07) is 5.44. The van der Waals surface area contributed by atoms with Crippen molar-refractivity contribution in [1.82, 2.24) is 0 Å². The number of hydrogen-bond acceptors (Lipinski definition) is 5. The van der Waals surface area contributed by atoms with E-state index in [2.05, 4.69) is 48.3 Å². The summed E-state index contributed by atoms with van der Waals surface area (Å²) in [6.45, 7) is 0.0732. The minimum absolute atomic E-state index is 0.0732. The van der Waals surface area contributed by atoms with Crippen LogP contribution in [0.4, 0.5) is 24.5 Å². The minimum atomic E-state index is -4.69. The Morgan fingerprint density at radius 1 is 1.29 bits per heavy atom. The second kappa shape index (κ2) is 9.07. The fraction of sp³-hybridized carbons (Fsp3) is 0.118. The van der Waals surface area contributed by atoms with Crippen molar-refractivity contribution in [2.24, 2.45) is 5.10 Å². The van der Waals surface area contributed by atoms with Gasteiger partial charge in [-0.15, -0.1) is 6.42 Å². The molecule has 0 unspecified atom stereocenters. The van der Waals surface area contributed by atoms with Crippen LogP contribution < -0.4 is 10.2 Å². The molecule has 2 aromatic carbocycles. The standard InChI is InChI=1S/C17H10Br2F3N3O3/c1-2-5-28-16-12(18)6-10(7-13(16)19)9-23-24-14-4-3-11(17(20,21)22)8-15(14)25(26)27/h1,3-4,6-9,24H,5H2/b23-9-. The quantitative estimate of drug-likeness (QED) is 0.233. The molecule has 0 aliphatic heterocycles. The van der Waals surface area contributed by atoms with E-state index < -0.39 is 22.4 Å². The second-order valence-corrected chi connectivity index (χ2v) is 6.87. The third kappa shape index (κ3) is 5.46. The lowest BCUT2D eigenvalue weighted by Gasteiger charge is -2.09. The van der Waals surface area contributed by atoms with E-state index in [1.54, 1.807) is 12.1 Å². The summed E-state index contributed by atoms with van der Waals surface area (Å²) in [4.78, 5) is 10.1. The highest BCUT2D eigenvalue weighted by atomic mass is 79.9. The van der Waals surface area contributed by atoms with Gasteiger partial charge in [-0.25, -0.2) is 0 Å². The Bertz CT molecular complexity index is 949. The molecule has 2 rings (SSSR count). The van der Waals surface area contributed by atoms with E-state index in [4.69, 9.17) is 11.2 Å². The van der Waals surface area contributed by atoms with Crippen LogP contribution in [0.3, 0.4) is 0 Å². The molecular formula is C17H10Br2F3N3O3. The van der Waals surface area contributed by atoms with E-state index in [-0.39, 0.29) is 12.3 Å². The summed E-state index contributed by atoms with van der Waals surface area (Å²) in [7, 11) is 0. The van der Waals surface area contributed by atoms with Gasteiger partial charge < -0.3 is 4.74 Å². The Hall–Kier alpha value is -2.58. The topological polar surface area (TPSA) is 76.8 Å². The molecule has 11 heteroatoms. The number of hydrazone groups is 1. The maximum atomic E-state index is 12.7. The molecule has 146 valence electrons. The van der Waals surface area contributed by atoms with Crippen molar-refractivity contribution < 1.29 is 22.8 Å². The number of nitrogens with zero attached hydrogens (tertiary/aromatic N) is 2. The third-order valence-electron chi connectivity index (χ3n) is 3.24. The van der Waals surface area contributed by atoms with E-state index in [0.717, 1.165) is 12.1 Å². The van der Waals surface area contributed by atoms with Crippen molar-refractivity contribution >= 4 is 49.4 Å². The molecule has 1 N–H and O–H groups in total. The van der Waals surface area contributed by atoms with Gasteiger partial charge in [0.1, 0.15) is 18.0 Å². The highest BCUT2D eigenvalue weighted by molar-refractivity contribution is 9.11. The predicted octanol–water partition coefficient (Wildman–Crippen LogP) is 5.60. The van der Waals surface area contributed by atoms with Crippen LogP contribution in [0.5, 0.6) is 5.75 Å². The van der Waals surface area contributed by atoms with Gasteiger partial charge in [-0.3, -0.25) is 15.5 Å². The number of terminal acetylenes is 1. The SMILES string of the molecule is C#CCOc1c(Br)cc(/C=N\Nc2ccc(C(F)(F)F)cc2[N+](=O)[O-])cc1Br. The predicted molar refractivity (Wildman–Crippen MR) is 105 cm³/mol. The molecule has 0 radical (unpaired) electrons. The van der Waals surface area contributed by atoms with Crippen LogP contribution in [0.15, 0.2) is 44.4 Å². The van der Waals surface area contributed by atoms with Crippen molar-refractivity contribution in [1.29, 1.82) is 0 Å². The van der Waals surface area contributed by atoms with Gasteiger partial charge in [0.25, 0.3) is 5.69 Å². The van der Waals surface area contributed by atoms with Crippen molar-refractivity contribution in [3.8, 4) is 18.1 Å². The molecule has 28 heavy (non-hydrogen) atoms. The Morgan fingerprint density at radius 2 is 1.93 bits per heavy atom. The zero-order valence-corrected chi connectivity index (χ0v) is 16.9. The van der Waals surface area contributed by atoms with Gasteiger partial charge in [0.05, 0.1) is 25.6 Å². The molecule has 0 spiro atoms. The van der Waals surface area contributed by atoms with Gasteiger partial charge in [-0.2, -0.15) is 18.3 Å². The molecule has 6 nitrogen and oxygen atoms in total. The first-order valence-corrected chi connectivity index (χ1v) is 8.92. The summed E-state index contributed by atoms with van der Waals surface area (Å²) in [6.07, 6.45) is 1.80. The molecule has 0 atom stereocenters. The zero-order valence-electron chi connectivity index (χ0n) is 13.8. The summed E-state index contributed by atoms with van der Waals surface area (Å²) in [5.41, 5.74) is 0.916. The lowest BCUT2D eigenvalue weighted by Crippen LogP contribution is -2.06. The number of hydrogen-bond donors (Lipinski definition) is 1. The number of nitrogens with one attached hydrogen (secondary N) is 1. The van der Waals surface area contributed by atoms with Gasteiger partial charge in [-0.1, -0.05) is 5.92 Å². The molecule has 0 aliphatic carbocycles. The zero-order chi connectivity index (χ0) is 20.9. The van der Waals surface area contributed by atoms with Crippen molar-refractivity contribution in [3.05, 3.63) is 60.5 Å². The highest BCUT2D eigenvalue weighted by Gasteiger charge is 2.33. The molecule has 0 aliphatic rings. The maximum Gasteiger partial charge on any atom is 0.416 e. The molecule has 0 saturated carbocycles. The highest BCUT2D eigenvalue weighted by Crippen LogP contribution is 2.36.